The Morgan fingerprint density at radius 2 is 2.10 bits per heavy atom. The molecule has 1 aromatic heterocycles. The zero-order valence-corrected chi connectivity index (χ0v) is 11.0. The molecule has 0 spiro atoms. The van der Waals surface area contributed by atoms with Gasteiger partial charge in [-0.1, -0.05) is 0 Å². The van der Waals surface area contributed by atoms with Crippen LogP contribution in [0, 0.1) is 0 Å². The molecule has 0 aromatic carbocycles. The van der Waals surface area contributed by atoms with E-state index in [9.17, 15) is 22.4 Å². The number of hydrogen-bond donors (Lipinski definition) is 0. The van der Waals surface area contributed by atoms with Gasteiger partial charge >= 0.3 is 12.3 Å². The Hall–Kier alpha value is -1.51. The Bertz CT molecular complexity index is 449. The molecular formula is C11H15F4N3O2. The Labute approximate surface area is 112 Å². The summed E-state index contributed by atoms with van der Waals surface area (Å²) in [6.07, 6.45) is -2.70. The molecule has 0 aliphatic rings. The van der Waals surface area contributed by atoms with Crippen LogP contribution in [-0.2, 0) is 16.0 Å². The number of ether oxygens (including phenoxy) is 1. The highest BCUT2D eigenvalue weighted by atomic mass is 19.3. The normalized spacial score (nSPS) is 12.4. The van der Waals surface area contributed by atoms with E-state index in [2.05, 4.69) is 14.8 Å². The number of carbonyl (C=O) groups excluding carboxylic acids is 1. The van der Waals surface area contributed by atoms with Gasteiger partial charge in [0.15, 0.2) is 5.78 Å². The third kappa shape index (κ3) is 4.55. The summed E-state index contributed by atoms with van der Waals surface area (Å²) in [5.41, 5.74) is 0. The summed E-state index contributed by atoms with van der Waals surface area (Å²) in [4.78, 5) is 15.4. The van der Waals surface area contributed by atoms with Crippen molar-refractivity contribution in [1.29, 1.82) is 0 Å². The van der Waals surface area contributed by atoms with E-state index < -0.39 is 31.3 Å². The minimum Gasteiger partial charge on any atom is -0.367 e. The van der Waals surface area contributed by atoms with Gasteiger partial charge in [0.1, 0.15) is 25.4 Å². The van der Waals surface area contributed by atoms with Crippen LogP contribution in [0.15, 0.2) is 6.33 Å². The van der Waals surface area contributed by atoms with Gasteiger partial charge in [0, 0.05) is 6.04 Å². The van der Waals surface area contributed by atoms with Gasteiger partial charge in [0.25, 0.3) is 0 Å². The van der Waals surface area contributed by atoms with E-state index in [0.29, 0.717) is 5.82 Å². The molecule has 1 heterocycles. The molecule has 0 saturated heterocycles. The third-order valence-electron chi connectivity index (χ3n) is 2.37. The lowest BCUT2D eigenvalue weighted by Crippen LogP contribution is -2.33. The molecule has 0 fully saturated rings. The monoisotopic (exact) mass is 297 g/mol. The van der Waals surface area contributed by atoms with Gasteiger partial charge in [-0.15, -0.1) is 0 Å². The summed E-state index contributed by atoms with van der Waals surface area (Å²) < 4.78 is 54.6. The SMILES string of the molecule is CC(C)n1ncnc1CC(=O)COCC(F)(F)C(F)F. The number of rotatable bonds is 8. The van der Waals surface area contributed by atoms with Crippen molar-refractivity contribution in [2.45, 2.75) is 38.7 Å². The fourth-order valence-corrected chi connectivity index (χ4v) is 1.42. The number of alkyl halides is 4. The van der Waals surface area contributed by atoms with Gasteiger partial charge in [-0.3, -0.25) is 4.79 Å². The molecule has 114 valence electrons. The summed E-state index contributed by atoms with van der Waals surface area (Å²) in [6.45, 7) is 1.51. The summed E-state index contributed by atoms with van der Waals surface area (Å²) in [7, 11) is 0. The Balaban J connectivity index is 2.43. The van der Waals surface area contributed by atoms with Crippen molar-refractivity contribution >= 4 is 5.78 Å². The summed E-state index contributed by atoms with van der Waals surface area (Å²) in [5.74, 6) is -4.42. The van der Waals surface area contributed by atoms with Gasteiger partial charge < -0.3 is 4.74 Å². The lowest BCUT2D eigenvalue weighted by Gasteiger charge is -2.14. The van der Waals surface area contributed by atoms with E-state index in [1.54, 1.807) is 0 Å². The van der Waals surface area contributed by atoms with Gasteiger partial charge in [-0.25, -0.2) is 18.4 Å². The quantitative estimate of drug-likeness (QED) is 0.688. The van der Waals surface area contributed by atoms with Crippen LogP contribution >= 0.6 is 0 Å². The Morgan fingerprint density at radius 1 is 1.45 bits per heavy atom. The van der Waals surface area contributed by atoms with Gasteiger partial charge in [0.2, 0.25) is 0 Å². The van der Waals surface area contributed by atoms with Crippen LogP contribution < -0.4 is 0 Å². The first-order valence-corrected chi connectivity index (χ1v) is 5.88. The number of aromatic nitrogens is 3. The number of carbonyl (C=O) groups is 1. The van der Waals surface area contributed by atoms with Crippen LogP contribution in [0.25, 0.3) is 0 Å². The predicted octanol–water partition coefficient (Wildman–Crippen LogP) is 1.89. The van der Waals surface area contributed by atoms with Crippen LogP contribution in [0.4, 0.5) is 17.6 Å². The van der Waals surface area contributed by atoms with Crippen molar-refractivity contribution in [2.24, 2.45) is 0 Å². The molecule has 0 unspecified atom stereocenters. The molecule has 0 radical (unpaired) electrons. The number of ketones is 1. The highest BCUT2D eigenvalue weighted by Gasteiger charge is 2.41. The molecule has 1 aromatic rings. The summed E-state index contributed by atoms with van der Waals surface area (Å²) in [6, 6.07) is -0.00983. The molecule has 9 heteroatoms. The van der Waals surface area contributed by atoms with E-state index >= 15 is 0 Å². The van der Waals surface area contributed by atoms with Crippen LogP contribution in [0.3, 0.4) is 0 Å². The number of halogens is 4. The second-order valence-corrected chi connectivity index (χ2v) is 4.48. The first-order valence-electron chi connectivity index (χ1n) is 5.88. The highest BCUT2D eigenvalue weighted by molar-refractivity contribution is 5.81. The van der Waals surface area contributed by atoms with Crippen molar-refractivity contribution in [3.63, 3.8) is 0 Å². The number of Topliss-reactive ketones (excluding diaryl/α,β-unsaturated/α-hetero) is 1. The van der Waals surface area contributed by atoms with E-state index in [1.165, 1.54) is 11.0 Å². The van der Waals surface area contributed by atoms with Crippen molar-refractivity contribution in [3.05, 3.63) is 12.2 Å². The predicted molar refractivity (Wildman–Crippen MR) is 60.9 cm³/mol. The molecule has 0 aliphatic carbocycles. The molecule has 0 atom stereocenters. The second kappa shape index (κ2) is 6.78. The van der Waals surface area contributed by atoms with E-state index in [-0.39, 0.29) is 12.5 Å². The maximum atomic E-state index is 12.5. The van der Waals surface area contributed by atoms with Crippen LogP contribution in [-0.4, -0.2) is 46.1 Å². The molecule has 20 heavy (non-hydrogen) atoms. The number of hydrogen-bond acceptors (Lipinski definition) is 4. The highest BCUT2D eigenvalue weighted by Crippen LogP contribution is 2.22. The van der Waals surface area contributed by atoms with Crippen molar-refractivity contribution < 1.29 is 27.1 Å². The molecule has 0 aliphatic heterocycles. The average molecular weight is 297 g/mol. The minimum atomic E-state index is -4.25. The molecule has 0 amide bonds. The van der Waals surface area contributed by atoms with Gasteiger partial charge in [0.05, 0.1) is 6.42 Å². The van der Waals surface area contributed by atoms with E-state index in [0.717, 1.165) is 0 Å². The summed E-state index contributed by atoms with van der Waals surface area (Å²) >= 11 is 0. The molecule has 0 bridgehead atoms. The lowest BCUT2D eigenvalue weighted by molar-refractivity contribution is -0.168. The Morgan fingerprint density at radius 3 is 2.65 bits per heavy atom. The molecule has 1 rings (SSSR count). The molecule has 0 N–H and O–H groups in total. The standard InChI is InChI=1S/C11H15F4N3O2/c1-7(2)18-9(16-6-17-18)3-8(19)4-20-5-11(14,15)10(12)13/h6-7,10H,3-5H2,1-2H3. The van der Waals surface area contributed by atoms with Crippen LogP contribution in [0.1, 0.15) is 25.7 Å². The Kier molecular flexibility index (Phi) is 5.61. The van der Waals surface area contributed by atoms with Crippen molar-refractivity contribution in [2.75, 3.05) is 13.2 Å². The third-order valence-corrected chi connectivity index (χ3v) is 2.37. The maximum Gasteiger partial charge on any atom is 0.330 e. The zero-order chi connectivity index (χ0) is 15.3. The maximum absolute atomic E-state index is 12.5. The number of nitrogens with zero attached hydrogens (tertiary/aromatic N) is 3. The summed E-state index contributed by atoms with van der Waals surface area (Å²) in [5, 5.41) is 3.90. The molecular weight excluding hydrogens is 282 g/mol. The van der Waals surface area contributed by atoms with Crippen LogP contribution in [0.5, 0.6) is 0 Å². The van der Waals surface area contributed by atoms with Gasteiger partial charge in [-0.2, -0.15) is 13.9 Å². The second-order valence-electron chi connectivity index (χ2n) is 4.48. The van der Waals surface area contributed by atoms with E-state index in [1.807, 2.05) is 13.8 Å². The average Bonchev–Trinajstić information content (AvgIpc) is 2.76. The first-order chi connectivity index (χ1) is 9.24. The lowest BCUT2D eigenvalue weighted by atomic mass is 10.2. The zero-order valence-electron chi connectivity index (χ0n) is 11.0. The van der Waals surface area contributed by atoms with E-state index in [4.69, 9.17) is 0 Å². The van der Waals surface area contributed by atoms with Gasteiger partial charge in [-0.05, 0) is 13.8 Å². The molecule has 5 nitrogen and oxygen atoms in total. The molecule has 0 saturated carbocycles. The smallest absolute Gasteiger partial charge is 0.330 e. The van der Waals surface area contributed by atoms with Crippen molar-refractivity contribution in [1.82, 2.24) is 14.8 Å². The van der Waals surface area contributed by atoms with Crippen LogP contribution in [0.2, 0.25) is 0 Å². The fourth-order valence-electron chi connectivity index (χ4n) is 1.42. The fraction of sp³-hybridized carbons (Fsp3) is 0.727. The first kappa shape index (κ1) is 16.5. The largest absolute Gasteiger partial charge is 0.367 e. The minimum absolute atomic E-state index is 0.00983. The van der Waals surface area contributed by atoms with Crippen molar-refractivity contribution in [3.8, 4) is 0 Å². The topological polar surface area (TPSA) is 57.0 Å².